The molecule has 2 aromatic rings. The highest BCUT2D eigenvalue weighted by Crippen LogP contribution is 2.35. The fourth-order valence-electron chi connectivity index (χ4n) is 1.84. The molecule has 0 bridgehead atoms. The zero-order valence-electron chi connectivity index (χ0n) is 10.1. The number of nitrogens with zero attached hydrogens (tertiary/aromatic N) is 1. The van der Waals surface area contributed by atoms with Crippen molar-refractivity contribution in [1.82, 2.24) is 4.98 Å². The Labute approximate surface area is 110 Å². The molecule has 2 unspecified atom stereocenters. The lowest BCUT2D eigenvalue weighted by Gasteiger charge is -2.20. The molecule has 0 saturated heterocycles. The molecule has 2 atom stereocenters. The van der Waals surface area contributed by atoms with Crippen LogP contribution in [0.15, 0.2) is 36.0 Å². The van der Waals surface area contributed by atoms with Crippen LogP contribution < -0.4 is 10.5 Å². The molecule has 2 aromatic heterocycles. The summed E-state index contributed by atoms with van der Waals surface area (Å²) < 4.78 is 5.12. The monoisotopic (exact) mass is 264 g/mol. The van der Waals surface area contributed by atoms with E-state index in [1.165, 1.54) is 11.3 Å². The number of aromatic nitrogens is 1. The Morgan fingerprint density at radius 1 is 1.56 bits per heavy atom. The van der Waals surface area contributed by atoms with Crippen LogP contribution >= 0.6 is 11.3 Å². The van der Waals surface area contributed by atoms with E-state index >= 15 is 0 Å². The van der Waals surface area contributed by atoms with Crippen LogP contribution in [0.25, 0.3) is 0 Å². The summed E-state index contributed by atoms with van der Waals surface area (Å²) in [5.41, 5.74) is 6.71. The van der Waals surface area contributed by atoms with Crippen molar-refractivity contribution in [3.63, 3.8) is 0 Å². The minimum absolute atomic E-state index is 0.151. The van der Waals surface area contributed by atoms with Crippen LogP contribution in [0.2, 0.25) is 0 Å². The molecule has 4 nitrogen and oxygen atoms in total. The molecule has 0 radical (unpaired) electrons. The SMILES string of the molecule is COc1csc(C(O)C(CN)c2cccnc2)c1. The third-order valence-electron chi connectivity index (χ3n) is 2.87. The van der Waals surface area contributed by atoms with Gasteiger partial charge in [0.1, 0.15) is 5.75 Å². The maximum atomic E-state index is 10.4. The lowest BCUT2D eigenvalue weighted by atomic mass is 9.94. The summed E-state index contributed by atoms with van der Waals surface area (Å²) in [6, 6.07) is 5.62. The second-order valence-corrected chi connectivity index (χ2v) is 4.91. The molecular formula is C13H16N2O2S. The number of pyridine rings is 1. The average molecular weight is 264 g/mol. The first-order valence-corrected chi connectivity index (χ1v) is 6.54. The maximum Gasteiger partial charge on any atom is 0.129 e. The van der Waals surface area contributed by atoms with Crippen LogP contribution in [0.4, 0.5) is 0 Å². The Bertz CT molecular complexity index is 487. The van der Waals surface area contributed by atoms with E-state index in [9.17, 15) is 5.11 Å². The number of ether oxygens (including phenoxy) is 1. The summed E-state index contributed by atoms with van der Waals surface area (Å²) in [5.74, 6) is 0.609. The van der Waals surface area contributed by atoms with Crippen molar-refractivity contribution in [2.75, 3.05) is 13.7 Å². The zero-order chi connectivity index (χ0) is 13.0. The molecule has 0 aliphatic heterocycles. The van der Waals surface area contributed by atoms with Crippen molar-refractivity contribution in [3.05, 3.63) is 46.4 Å². The zero-order valence-corrected chi connectivity index (χ0v) is 10.9. The van der Waals surface area contributed by atoms with Crippen molar-refractivity contribution >= 4 is 11.3 Å². The van der Waals surface area contributed by atoms with E-state index in [0.717, 1.165) is 16.2 Å². The van der Waals surface area contributed by atoms with Gasteiger partial charge in [-0.1, -0.05) is 6.07 Å². The minimum atomic E-state index is -0.631. The molecule has 0 spiro atoms. The number of hydrogen-bond acceptors (Lipinski definition) is 5. The minimum Gasteiger partial charge on any atom is -0.496 e. The fraction of sp³-hybridized carbons (Fsp3) is 0.308. The highest BCUT2D eigenvalue weighted by Gasteiger charge is 2.23. The summed E-state index contributed by atoms with van der Waals surface area (Å²) in [6.45, 7) is 0.368. The van der Waals surface area contributed by atoms with Gasteiger partial charge in [-0.15, -0.1) is 11.3 Å². The molecular weight excluding hydrogens is 248 g/mol. The van der Waals surface area contributed by atoms with E-state index in [4.69, 9.17) is 10.5 Å². The summed E-state index contributed by atoms with van der Waals surface area (Å²) in [4.78, 5) is 4.92. The summed E-state index contributed by atoms with van der Waals surface area (Å²) in [5, 5.41) is 12.3. The van der Waals surface area contributed by atoms with Crippen molar-refractivity contribution < 1.29 is 9.84 Å². The van der Waals surface area contributed by atoms with E-state index in [1.54, 1.807) is 19.5 Å². The van der Waals surface area contributed by atoms with Gasteiger partial charge >= 0.3 is 0 Å². The first-order valence-electron chi connectivity index (χ1n) is 5.66. The van der Waals surface area contributed by atoms with Crippen molar-refractivity contribution in [1.29, 1.82) is 0 Å². The molecule has 5 heteroatoms. The summed E-state index contributed by atoms with van der Waals surface area (Å²) in [6.07, 6.45) is 2.82. The van der Waals surface area contributed by atoms with E-state index in [-0.39, 0.29) is 5.92 Å². The lowest BCUT2D eigenvalue weighted by molar-refractivity contribution is 0.151. The third-order valence-corrected chi connectivity index (χ3v) is 3.85. The molecule has 0 aliphatic carbocycles. The van der Waals surface area contributed by atoms with Crippen molar-refractivity contribution in [2.24, 2.45) is 5.73 Å². The molecule has 2 heterocycles. The number of hydrogen-bond donors (Lipinski definition) is 2. The molecule has 0 aliphatic rings. The molecule has 0 saturated carbocycles. The molecule has 0 aromatic carbocycles. The second-order valence-electron chi connectivity index (χ2n) is 3.96. The van der Waals surface area contributed by atoms with Gasteiger partial charge in [-0.05, 0) is 17.7 Å². The highest BCUT2D eigenvalue weighted by atomic mass is 32.1. The number of nitrogens with two attached hydrogens (primary N) is 1. The van der Waals surface area contributed by atoms with Crippen LogP contribution in [0.1, 0.15) is 22.5 Å². The largest absolute Gasteiger partial charge is 0.496 e. The van der Waals surface area contributed by atoms with Gasteiger partial charge in [0, 0.05) is 35.1 Å². The van der Waals surface area contributed by atoms with Gasteiger partial charge in [-0.25, -0.2) is 0 Å². The van der Waals surface area contributed by atoms with E-state index in [2.05, 4.69) is 4.98 Å². The van der Waals surface area contributed by atoms with Crippen molar-refractivity contribution in [2.45, 2.75) is 12.0 Å². The average Bonchev–Trinajstić information content (AvgIpc) is 2.89. The van der Waals surface area contributed by atoms with E-state index < -0.39 is 6.10 Å². The number of methoxy groups -OCH3 is 1. The number of aliphatic hydroxyl groups is 1. The third kappa shape index (κ3) is 2.69. The van der Waals surface area contributed by atoms with Gasteiger partial charge in [0.05, 0.1) is 13.2 Å². The molecule has 3 N–H and O–H groups in total. The van der Waals surface area contributed by atoms with E-state index in [1.807, 2.05) is 23.6 Å². The molecule has 18 heavy (non-hydrogen) atoms. The van der Waals surface area contributed by atoms with Gasteiger partial charge in [-0.2, -0.15) is 0 Å². The van der Waals surface area contributed by atoms with Gasteiger partial charge in [-0.3, -0.25) is 4.98 Å². The van der Waals surface area contributed by atoms with Crippen LogP contribution in [0.3, 0.4) is 0 Å². The quantitative estimate of drug-likeness (QED) is 0.866. The van der Waals surface area contributed by atoms with Gasteiger partial charge in [0.25, 0.3) is 0 Å². The number of rotatable bonds is 5. The molecule has 0 amide bonds. The lowest BCUT2D eigenvalue weighted by Crippen LogP contribution is -2.19. The van der Waals surface area contributed by atoms with Gasteiger partial charge in [0.15, 0.2) is 0 Å². The Balaban J connectivity index is 2.22. The Morgan fingerprint density at radius 3 is 2.94 bits per heavy atom. The maximum absolute atomic E-state index is 10.4. The highest BCUT2D eigenvalue weighted by molar-refractivity contribution is 7.10. The second kappa shape index (κ2) is 5.95. The standard InChI is InChI=1S/C13H16N2O2S/c1-17-10-5-12(18-8-10)13(16)11(6-14)9-3-2-4-15-7-9/h2-5,7-8,11,13,16H,6,14H2,1H3. The Hall–Kier alpha value is -1.43. The Kier molecular flexibility index (Phi) is 4.30. The first-order chi connectivity index (χ1) is 8.76. The van der Waals surface area contributed by atoms with Crippen LogP contribution in [0, 0.1) is 0 Å². The predicted molar refractivity (Wildman–Crippen MR) is 71.9 cm³/mol. The number of thiophene rings is 1. The smallest absolute Gasteiger partial charge is 0.129 e. The van der Waals surface area contributed by atoms with Crippen LogP contribution in [-0.2, 0) is 0 Å². The summed E-state index contributed by atoms with van der Waals surface area (Å²) in [7, 11) is 1.61. The Morgan fingerprint density at radius 2 is 2.39 bits per heavy atom. The topological polar surface area (TPSA) is 68.4 Å². The predicted octanol–water partition coefficient (Wildman–Crippen LogP) is 1.93. The van der Waals surface area contributed by atoms with Crippen LogP contribution in [0.5, 0.6) is 5.75 Å². The van der Waals surface area contributed by atoms with Crippen molar-refractivity contribution in [3.8, 4) is 5.75 Å². The normalized spacial score (nSPS) is 14.2. The van der Waals surface area contributed by atoms with Crippen LogP contribution in [-0.4, -0.2) is 23.7 Å². The van der Waals surface area contributed by atoms with Gasteiger partial charge in [0.2, 0.25) is 0 Å². The summed E-state index contributed by atoms with van der Waals surface area (Å²) >= 11 is 1.47. The van der Waals surface area contributed by atoms with E-state index in [0.29, 0.717) is 6.54 Å². The van der Waals surface area contributed by atoms with Gasteiger partial charge < -0.3 is 15.6 Å². The first kappa shape index (κ1) is 13.0. The molecule has 2 rings (SSSR count). The fourth-order valence-corrected chi connectivity index (χ4v) is 2.74. The molecule has 0 fully saturated rings. The number of aliphatic hydroxyl groups excluding tert-OH is 1. The molecule has 96 valence electrons.